The standard InChI is InChI=1S/C31H37FN4O3/c1-19-12-22(14-23(32)13-19)29-16-34-31(39-29)36-10-6-21(7-11-36)27(37)17-35-9-8-24(28(38)18-35)26-15-33-30-20(2)4-3-5-25(26)30/h3-5,12-16,21,24,27-28,33,37-38H,6-11,17-18H2,1-2H3/t24-,27+,28+/m0/s1. The van der Waals surface area contributed by atoms with Gasteiger partial charge in [-0.05, 0) is 80.5 Å². The number of halogens is 1. The van der Waals surface area contributed by atoms with Crippen LogP contribution in [0.15, 0.2) is 53.2 Å². The number of β-amino-alcohol motifs (C(OH)–C–C–N with tert-alkyl or cyclic N) is 2. The van der Waals surface area contributed by atoms with Crippen LogP contribution in [0.1, 0.15) is 41.9 Å². The lowest BCUT2D eigenvalue weighted by molar-refractivity contribution is 0.00593. The van der Waals surface area contributed by atoms with Crippen molar-refractivity contribution in [3.63, 3.8) is 0 Å². The smallest absolute Gasteiger partial charge is 0.297 e. The van der Waals surface area contributed by atoms with Crippen LogP contribution in [-0.4, -0.2) is 70.0 Å². The maximum Gasteiger partial charge on any atom is 0.297 e. The van der Waals surface area contributed by atoms with E-state index in [0.717, 1.165) is 50.0 Å². The van der Waals surface area contributed by atoms with Crippen LogP contribution in [0.3, 0.4) is 0 Å². The average molecular weight is 533 g/mol. The summed E-state index contributed by atoms with van der Waals surface area (Å²) in [6, 6.07) is 11.7. The lowest BCUT2D eigenvalue weighted by atomic mass is 9.85. The highest BCUT2D eigenvalue weighted by Gasteiger charge is 2.34. The van der Waals surface area contributed by atoms with Crippen LogP contribution in [0.4, 0.5) is 10.4 Å². The summed E-state index contributed by atoms with van der Waals surface area (Å²) < 4.78 is 19.8. The van der Waals surface area contributed by atoms with Crippen molar-refractivity contribution in [3.8, 4) is 11.3 Å². The topological polar surface area (TPSA) is 88.8 Å². The summed E-state index contributed by atoms with van der Waals surface area (Å²) in [7, 11) is 0. The van der Waals surface area contributed by atoms with Gasteiger partial charge in [-0.25, -0.2) is 9.37 Å². The lowest BCUT2D eigenvalue weighted by Gasteiger charge is -2.39. The molecule has 0 radical (unpaired) electrons. The summed E-state index contributed by atoms with van der Waals surface area (Å²) in [6.07, 6.45) is 5.34. The summed E-state index contributed by atoms with van der Waals surface area (Å²) >= 11 is 0. The molecule has 0 bridgehead atoms. The van der Waals surface area contributed by atoms with Gasteiger partial charge in [-0.15, -0.1) is 0 Å². The van der Waals surface area contributed by atoms with E-state index in [9.17, 15) is 14.6 Å². The van der Waals surface area contributed by atoms with E-state index in [0.29, 0.717) is 30.4 Å². The van der Waals surface area contributed by atoms with E-state index < -0.39 is 12.2 Å². The largest absolute Gasteiger partial charge is 0.423 e. The van der Waals surface area contributed by atoms with E-state index in [2.05, 4.69) is 51.1 Å². The number of likely N-dealkylation sites (tertiary alicyclic amines) is 1. The number of rotatable bonds is 6. The van der Waals surface area contributed by atoms with Gasteiger partial charge in [-0.2, -0.15) is 0 Å². The summed E-state index contributed by atoms with van der Waals surface area (Å²) in [6.45, 7) is 7.44. The minimum absolute atomic E-state index is 0.0964. The second-order valence-electron chi connectivity index (χ2n) is 11.4. The van der Waals surface area contributed by atoms with E-state index in [4.69, 9.17) is 4.42 Å². The van der Waals surface area contributed by atoms with Crippen LogP contribution in [0.2, 0.25) is 0 Å². The molecule has 2 aliphatic heterocycles. The molecule has 0 unspecified atom stereocenters. The van der Waals surface area contributed by atoms with Crippen molar-refractivity contribution in [2.45, 2.75) is 51.2 Å². The van der Waals surface area contributed by atoms with E-state index in [1.54, 1.807) is 6.20 Å². The van der Waals surface area contributed by atoms with Gasteiger partial charge < -0.3 is 24.5 Å². The Balaban J connectivity index is 1.02. The molecule has 8 heteroatoms. The highest BCUT2D eigenvalue weighted by Crippen LogP contribution is 2.35. The molecule has 0 spiro atoms. The van der Waals surface area contributed by atoms with Gasteiger partial charge in [-0.3, -0.25) is 4.90 Å². The molecule has 0 amide bonds. The molecule has 0 aliphatic carbocycles. The number of nitrogens with one attached hydrogen (secondary N) is 1. The van der Waals surface area contributed by atoms with Gasteiger partial charge in [0.25, 0.3) is 6.01 Å². The molecule has 2 aliphatic rings. The quantitative estimate of drug-likeness (QED) is 0.324. The zero-order chi connectivity index (χ0) is 27.1. The number of hydrogen-bond donors (Lipinski definition) is 3. The molecule has 3 atom stereocenters. The number of H-pyrrole nitrogens is 1. The number of piperidine rings is 2. The number of hydrogen-bond acceptors (Lipinski definition) is 6. The van der Waals surface area contributed by atoms with Crippen molar-refractivity contribution in [2.24, 2.45) is 5.92 Å². The van der Waals surface area contributed by atoms with Gasteiger partial charge in [0.05, 0.1) is 18.4 Å². The monoisotopic (exact) mass is 532 g/mol. The molecular weight excluding hydrogens is 495 g/mol. The van der Waals surface area contributed by atoms with Crippen molar-refractivity contribution in [3.05, 3.63) is 71.3 Å². The Morgan fingerprint density at radius 2 is 1.95 bits per heavy atom. The molecule has 2 fully saturated rings. The van der Waals surface area contributed by atoms with Crippen LogP contribution < -0.4 is 4.90 Å². The molecule has 6 rings (SSSR count). The molecule has 0 saturated carbocycles. The number of nitrogens with zero attached hydrogens (tertiary/aromatic N) is 3. The maximum absolute atomic E-state index is 13.8. The van der Waals surface area contributed by atoms with Gasteiger partial charge in [0.2, 0.25) is 0 Å². The molecule has 7 nitrogen and oxygen atoms in total. The normalized spacial score (nSPS) is 22.0. The average Bonchev–Trinajstić information content (AvgIpc) is 3.57. The van der Waals surface area contributed by atoms with Crippen molar-refractivity contribution in [1.82, 2.24) is 14.9 Å². The van der Waals surface area contributed by atoms with Gasteiger partial charge in [0.1, 0.15) is 5.82 Å². The van der Waals surface area contributed by atoms with Gasteiger partial charge >= 0.3 is 0 Å². The highest BCUT2D eigenvalue weighted by atomic mass is 19.1. The highest BCUT2D eigenvalue weighted by molar-refractivity contribution is 5.86. The van der Waals surface area contributed by atoms with Crippen LogP contribution in [0, 0.1) is 25.6 Å². The van der Waals surface area contributed by atoms with Crippen molar-refractivity contribution < 1.29 is 19.0 Å². The molecule has 206 valence electrons. The number of benzene rings is 2. The Kier molecular flexibility index (Phi) is 7.18. The van der Waals surface area contributed by atoms with Gasteiger partial charge in [0.15, 0.2) is 5.76 Å². The third kappa shape index (κ3) is 5.33. The number of fused-ring (bicyclic) bond motifs is 1. The Hall–Kier alpha value is -3.20. The molecule has 3 N–H and O–H groups in total. The number of aliphatic hydroxyl groups excluding tert-OH is 2. The molecule has 2 saturated heterocycles. The fraction of sp³-hybridized carbons (Fsp3) is 0.452. The van der Waals surface area contributed by atoms with E-state index in [-0.39, 0.29) is 17.7 Å². The molecule has 2 aromatic carbocycles. The number of aromatic nitrogens is 2. The SMILES string of the molecule is Cc1cc(F)cc(-c2cnc(N3CCC([C@H](O)CN4CC[C@@H](c5c[nH]c6c(C)cccc56)[C@H](O)C4)CC3)o2)c1. The first kappa shape index (κ1) is 26.0. The lowest BCUT2D eigenvalue weighted by Crippen LogP contribution is -2.48. The number of aliphatic hydroxyl groups is 2. The summed E-state index contributed by atoms with van der Waals surface area (Å²) in [4.78, 5) is 12.1. The summed E-state index contributed by atoms with van der Waals surface area (Å²) in [5.74, 6) is 0.550. The molecule has 4 heterocycles. The summed E-state index contributed by atoms with van der Waals surface area (Å²) in [5, 5.41) is 23.3. The minimum Gasteiger partial charge on any atom is -0.423 e. The minimum atomic E-state index is -0.464. The van der Waals surface area contributed by atoms with E-state index in [1.165, 1.54) is 28.6 Å². The molecule has 4 aromatic rings. The third-order valence-corrected chi connectivity index (χ3v) is 8.64. The fourth-order valence-corrected chi connectivity index (χ4v) is 6.47. The zero-order valence-electron chi connectivity index (χ0n) is 22.6. The Morgan fingerprint density at radius 1 is 1.13 bits per heavy atom. The molecule has 39 heavy (non-hydrogen) atoms. The first-order valence-corrected chi connectivity index (χ1v) is 14.0. The Morgan fingerprint density at radius 3 is 2.72 bits per heavy atom. The number of aromatic amines is 1. The number of aryl methyl sites for hydroxylation is 2. The molecule has 2 aromatic heterocycles. The van der Waals surface area contributed by atoms with Crippen LogP contribution >= 0.6 is 0 Å². The second kappa shape index (κ2) is 10.8. The second-order valence-corrected chi connectivity index (χ2v) is 11.4. The first-order valence-electron chi connectivity index (χ1n) is 14.0. The maximum atomic E-state index is 13.8. The van der Waals surface area contributed by atoms with Crippen molar-refractivity contribution >= 4 is 16.9 Å². The number of para-hydroxylation sites is 1. The van der Waals surface area contributed by atoms with Gasteiger partial charge in [-0.1, -0.05) is 18.2 Å². The summed E-state index contributed by atoms with van der Waals surface area (Å²) in [5.41, 5.74) is 5.07. The van der Waals surface area contributed by atoms with Crippen LogP contribution in [-0.2, 0) is 0 Å². The predicted octanol–water partition coefficient (Wildman–Crippen LogP) is 5.01. The first-order chi connectivity index (χ1) is 18.9. The number of anilines is 1. The Labute approximate surface area is 228 Å². The number of oxazole rings is 1. The van der Waals surface area contributed by atoms with E-state index >= 15 is 0 Å². The van der Waals surface area contributed by atoms with Crippen LogP contribution in [0.5, 0.6) is 0 Å². The Bertz CT molecular complexity index is 1420. The molecular formula is C31H37FN4O3. The third-order valence-electron chi connectivity index (χ3n) is 8.64. The van der Waals surface area contributed by atoms with Crippen LogP contribution in [0.25, 0.3) is 22.2 Å². The fourth-order valence-electron chi connectivity index (χ4n) is 6.47. The van der Waals surface area contributed by atoms with Crippen molar-refractivity contribution in [1.29, 1.82) is 0 Å². The van der Waals surface area contributed by atoms with Crippen molar-refractivity contribution in [2.75, 3.05) is 37.6 Å². The zero-order valence-corrected chi connectivity index (χ0v) is 22.6. The van der Waals surface area contributed by atoms with Gasteiger partial charge in [0, 0.05) is 54.8 Å². The predicted molar refractivity (Wildman–Crippen MR) is 150 cm³/mol. The van der Waals surface area contributed by atoms with E-state index in [1.807, 2.05) is 13.0 Å².